The number of nitrogens with one attached hydrogen (secondary N) is 2. The number of aromatic nitrogens is 2. The van der Waals surface area contributed by atoms with Crippen molar-refractivity contribution >= 4 is 45.2 Å². The summed E-state index contributed by atoms with van der Waals surface area (Å²) < 4.78 is 0. The minimum Gasteiger partial charge on any atom is -0.478 e. The number of carbonyl (C=O) groups is 1. The molecule has 0 radical (unpaired) electrons. The maximum absolute atomic E-state index is 11.7. The molecule has 0 unspecified atom stereocenters. The predicted octanol–water partition coefficient (Wildman–Crippen LogP) is 4.08. The molecule has 142 valence electrons. The molecule has 0 saturated heterocycles. The Morgan fingerprint density at radius 1 is 1.21 bits per heavy atom. The monoisotopic (exact) mass is 395 g/mol. The van der Waals surface area contributed by atoms with Gasteiger partial charge in [-0.25, -0.2) is 9.78 Å². The molecule has 0 bridgehead atoms. The Morgan fingerprint density at radius 3 is 2.82 bits per heavy atom. The number of carboxylic acids is 1. The van der Waals surface area contributed by atoms with Crippen LogP contribution in [0.1, 0.15) is 15.9 Å². The van der Waals surface area contributed by atoms with Gasteiger partial charge >= 0.3 is 5.97 Å². The molecular formula is C21H18ClN3O3. The van der Waals surface area contributed by atoms with E-state index in [0.29, 0.717) is 22.3 Å². The van der Waals surface area contributed by atoms with Gasteiger partial charge in [0.15, 0.2) is 0 Å². The first-order chi connectivity index (χ1) is 13.5. The lowest BCUT2D eigenvalue weighted by molar-refractivity contribution is 0.0697. The van der Waals surface area contributed by atoms with Gasteiger partial charge in [0.1, 0.15) is 11.4 Å². The zero-order valence-corrected chi connectivity index (χ0v) is 15.6. The van der Waals surface area contributed by atoms with Crippen LogP contribution in [0.4, 0.5) is 5.82 Å². The van der Waals surface area contributed by atoms with Crippen molar-refractivity contribution in [2.24, 2.45) is 0 Å². The lowest BCUT2D eigenvalue weighted by atomic mass is 10.0. The normalized spacial score (nSPS) is 12.4. The number of nitrogens with zero attached hydrogens (tertiary/aromatic N) is 1. The van der Waals surface area contributed by atoms with Crippen LogP contribution in [0, 0.1) is 0 Å². The third-order valence-electron chi connectivity index (χ3n) is 4.71. The second-order valence-corrected chi connectivity index (χ2v) is 7.05. The molecular weight excluding hydrogens is 378 g/mol. The number of anilines is 1. The highest BCUT2D eigenvalue weighted by Crippen LogP contribution is 2.25. The van der Waals surface area contributed by atoms with Crippen molar-refractivity contribution in [2.45, 2.75) is 12.5 Å². The molecule has 0 saturated carbocycles. The molecule has 0 aliphatic rings. The second-order valence-electron chi connectivity index (χ2n) is 6.61. The summed E-state index contributed by atoms with van der Waals surface area (Å²) in [4.78, 5) is 19.4. The number of aromatic amines is 1. The number of hydrogen-bond donors (Lipinski definition) is 4. The van der Waals surface area contributed by atoms with Crippen LogP contribution in [0.25, 0.3) is 21.8 Å². The average Bonchev–Trinajstić information content (AvgIpc) is 3.10. The number of fused-ring (bicyclic) bond motifs is 2. The summed E-state index contributed by atoms with van der Waals surface area (Å²) in [6, 6.07) is 14.2. The van der Waals surface area contributed by atoms with Gasteiger partial charge in [0, 0.05) is 27.5 Å². The van der Waals surface area contributed by atoms with E-state index in [4.69, 9.17) is 11.6 Å². The van der Waals surface area contributed by atoms with Crippen LogP contribution in [0.2, 0.25) is 5.02 Å². The summed E-state index contributed by atoms with van der Waals surface area (Å²) in [5.74, 6) is -0.873. The number of benzene rings is 2. The fourth-order valence-electron chi connectivity index (χ4n) is 3.34. The molecule has 2 aromatic carbocycles. The Hall–Kier alpha value is -3.09. The lowest BCUT2D eigenvalue weighted by Crippen LogP contribution is -2.28. The molecule has 0 aliphatic heterocycles. The van der Waals surface area contributed by atoms with Gasteiger partial charge in [0.2, 0.25) is 0 Å². The molecule has 6 nitrogen and oxygen atoms in total. The highest BCUT2D eigenvalue weighted by Gasteiger charge is 2.18. The fourth-order valence-corrected chi connectivity index (χ4v) is 3.52. The summed E-state index contributed by atoms with van der Waals surface area (Å²) in [5.41, 5.74) is 2.71. The third kappa shape index (κ3) is 3.52. The molecule has 7 heteroatoms. The number of para-hydroxylation sites is 1. The molecule has 0 spiro atoms. The predicted molar refractivity (Wildman–Crippen MR) is 110 cm³/mol. The van der Waals surface area contributed by atoms with E-state index < -0.39 is 12.0 Å². The molecule has 0 amide bonds. The number of hydrogen-bond acceptors (Lipinski definition) is 4. The van der Waals surface area contributed by atoms with Gasteiger partial charge < -0.3 is 20.5 Å². The molecule has 0 fully saturated rings. The number of pyridine rings is 1. The van der Waals surface area contributed by atoms with Crippen LogP contribution >= 0.6 is 11.6 Å². The van der Waals surface area contributed by atoms with Crippen molar-refractivity contribution < 1.29 is 15.0 Å². The van der Waals surface area contributed by atoms with E-state index in [-0.39, 0.29) is 18.0 Å². The molecule has 0 aliphatic carbocycles. The summed E-state index contributed by atoms with van der Waals surface area (Å²) >= 11 is 6.00. The standard InChI is InChI=1S/C21H18ClN3O3/c22-14-5-6-18-12(7-14)9-17(21(27)28)20(25-18)24-15(11-26)8-13-10-23-19-4-2-1-3-16(13)19/h1-7,9-10,15,23,26H,8,11H2,(H,24,25)(H,27,28)/t15-/m0/s1. The summed E-state index contributed by atoms with van der Waals surface area (Å²) in [5, 5.41) is 24.8. The number of carboxylic acid groups (broad SMARTS) is 1. The van der Waals surface area contributed by atoms with E-state index in [2.05, 4.69) is 15.3 Å². The molecule has 2 aromatic heterocycles. The van der Waals surface area contributed by atoms with Crippen LogP contribution < -0.4 is 5.32 Å². The fraction of sp³-hybridized carbons (Fsp3) is 0.143. The summed E-state index contributed by atoms with van der Waals surface area (Å²) in [6.45, 7) is -0.168. The number of aliphatic hydroxyl groups is 1. The minimum absolute atomic E-state index is 0.0344. The number of halogens is 1. The van der Waals surface area contributed by atoms with Crippen molar-refractivity contribution in [3.05, 3.63) is 70.9 Å². The van der Waals surface area contributed by atoms with Gasteiger partial charge in [0.05, 0.1) is 18.2 Å². The van der Waals surface area contributed by atoms with Crippen LogP contribution in [-0.4, -0.2) is 38.8 Å². The average molecular weight is 396 g/mol. The first-order valence-electron chi connectivity index (χ1n) is 8.81. The first-order valence-corrected chi connectivity index (χ1v) is 9.19. The van der Waals surface area contributed by atoms with Gasteiger partial charge in [0.25, 0.3) is 0 Å². The first kappa shape index (κ1) is 18.3. The second kappa shape index (κ2) is 7.50. The Labute approximate surface area is 165 Å². The molecule has 2 heterocycles. The van der Waals surface area contributed by atoms with Gasteiger partial charge in [-0.3, -0.25) is 0 Å². The zero-order valence-electron chi connectivity index (χ0n) is 14.8. The van der Waals surface area contributed by atoms with E-state index in [1.807, 2.05) is 30.5 Å². The highest BCUT2D eigenvalue weighted by molar-refractivity contribution is 6.31. The molecule has 1 atom stereocenters. The molecule has 4 N–H and O–H groups in total. The maximum atomic E-state index is 11.7. The summed E-state index contributed by atoms with van der Waals surface area (Å²) in [6.07, 6.45) is 2.42. The van der Waals surface area contributed by atoms with Crippen molar-refractivity contribution in [1.29, 1.82) is 0 Å². The molecule has 4 aromatic rings. The maximum Gasteiger partial charge on any atom is 0.339 e. The molecule has 4 rings (SSSR count). The number of aliphatic hydroxyl groups excluding tert-OH is 1. The zero-order chi connectivity index (χ0) is 19.7. The van der Waals surface area contributed by atoms with Crippen molar-refractivity contribution in [3.8, 4) is 0 Å². The largest absolute Gasteiger partial charge is 0.478 e. The van der Waals surface area contributed by atoms with E-state index in [0.717, 1.165) is 16.5 Å². The molecule has 28 heavy (non-hydrogen) atoms. The Bertz CT molecular complexity index is 1170. The van der Waals surface area contributed by atoms with Crippen molar-refractivity contribution in [3.63, 3.8) is 0 Å². The quantitative estimate of drug-likeness (QED) is 0.394. The highest BCUT2D eigenvalue weighted by atomic mass is 35.5. The summed E-state index contributed by atoms with van der Waals surface area (Å²) in [7, 11) is 0. The van der Waals surface area contributed by atoms with Gasteiger partial charge in [-0.05, 0) is 42.3 Å². The van der Waals surface area contributed by atoms with Crippen LogP contribution in [-0.2, 0) is 6.42 Å². The Morgan fingerprint density at radius 2 is 2.04 bits per heavy atom. The Balaban J connectivity index is 1.67. The van der Waals surface area contributed by atoms with Crippen molar-refractivity contribution in [2.75, 3.05) is 11.9 Å². The Kier molecular flexibility index (Phi) is 4.90. The van der Waals surface area contributed by atoms with E-state index >= 15 is 0 Å². The number of H-pyrrole nitrogens is 1. The van der Waals surface area contributed by atoms with Crippen LogP contribution in [0.3, 0.4) is 0 Å². The van der Waals surface area contributed by atoms with Gasteiger partial charge in [-0.15, -0.1) is 0 Å². The van der Waals surface area contributed by atoms with Crippen LogP contribution in [0.15, 0.2) is 54.7 Å². The number of aromatic carboxylic acids is 1. The minimum atomic E-state index is -1.10. The SMILES string of the molecule is O=C(O)c1cc2cc(Cl)ccc2nc1N[C@H](CO)Cc1c[nH]c2ccccc12. The van der Waals surface area contributed by atoms with E-state index in [1.54, 1.807) is 24.3 Å². The topological polar surface area (TPSA) is 98.2 Å². The van der Waals surface area contributed by atoms with E-state index in [9.17, 15) is 15.0 Å². The lowest BCUT2D eigenvalue weighted by Gasteiger charge is -2.18. The third-order valence-corrected chi connectivity index (χ3v) is 4.94. The van der Waals surface area contributed by atoms with Crippen molar-refractivity contribution in [1.82, 2.24) is 9.97 Å². The van der Waals surface area contributed by atoms with E-state index in [1.165, 1.54) is 0 Å². The van der Waals surface area contributed by atoms with Gasteiger partial charge in [-0.1, -0.05) is 29.8 Å². The smallest absolute Gasteiger partial charge is 0.339 e. The number of rotatable bonds is 6. The van der Waals surface area contributed by atoms with Crippen LogP contribution in [0.5, 0.6) is 0 Å². The van der Waals surface area contributed by atoms with Gasteiger partial charge in [-0.2, -0.15) is 0 Å².